The van der Waals surface area contributed by atoms with Crippen LogP contribution >= 0.6 is 0 Å². The summed E-state index contributed by atoms with van der Waals surface area (Å²) in [5.41, 5.74) is 0.994. The van der Waals surface area contributed by atoms with Crippen molar-refractivity contribution < 1.29 is 18.3 Å². The quantitative estimate of drug-likeness (QED) is 0.787. The Kier molecular flexibility index (Phi) is 2.74. The van der Waals surface area contributed by atoms with Gasteiger partial charge in [0.25, 0.3) is 0 Å². The molecule has 0 N–H and O–H groups in total. The molecule has 0 unspecified atom stereocenters. The molecule has 0 aliphatic carbocycles. The van der Waals surface area contributed by atoms with Gasteiger partial charge in [-0.2, -0.15) is 0 Å². The van der Waals surface area contributed by atoms with Gasteiger partial charge in [-0.1, -0.05) is 19.9 Å². The Morgan fingerprint density at radius 2 is 1.88 bits per heavy atom. The Bertz CT molecular complexity index is 389. The summed E-state index contributed by atoms with van der Waals surface area (Å²) in [6.07, 6.45) is -1.63. The standard InChI is InChI=1S/C12H14F2O2/c1-8(2)3-4-9-5-6-10-11(7-9)16-12(13,14)15-10/h5-8H,3-4H2,1-2H3. The van der Waals surface area contributed by atoms with E-state index in [4.69, 9.17) is 0 Å². The second-order valence-corrected chi connectivity index (χ2v) is 4.38. The first kappa shape index (κ1) is 11.2. The molecule has 1 aromatic carbocycles. The van der Waals surface area contributed by atoms with E-state index in [1.54, 1.807) is 12.1 Å². The molecule has 4 heteroatoms. The molecule has 0 radical (unpaired) electrons. The summed E-state index contributed by atoms with van der Waals surface area (Å²) in [4.78, 5) is 0. The van der Waals surface area contributed by atoms with E-state index < -0.39 is 6.29 Å². The zero-order valence-corrected chi connectivity index (χ0v) is 9.30. The Balaban J connectivity index is 2.10. The van der Waals surface area contributed by atoms with Gasteiger partial charge in [0.2, 0.25) is 0 Å². The van der Waals surface area contributed by atoms with Crippen LogP contribution in [0.3, 0.4) is 0 Å². The van der Waals surface area contributed by atoms with Crippen LogP contribution in [0.25, 0.3) is 0 Å². The van der Waals surface area contributed by atoms with Crippen LogP contribution in [0.4, 0.5) is 8.78 Å². The predicted octanol–water partition coefficient (Wildman–Crippen LogP) is 3.60. The van der Waals surface area contributed by atoms with Gasteiger partial charge >= 0.3 is 6.29 Å². The second-order valence-electron chi connectivity index (χ2n) is 4.38. The van der Waals surface area contributed by atoms with Crippen molar-refractivity contribution in [3.63, 3.8) is 0 Å². The normalized spacial score (nSPS) is 16.8. The van der Waals surface area contributed by atoms with Crippen LogP contribution in [0.5, 0.6) is 11.5 Å². The minimum Gasteiger partial charge on any atom is -0.395 e. The number of halogens is 2. The molecule has 0 saturated heterocycles. The van der Waals surface area contributed by atoms with E-state index in [2.05, 4.69) is 23.3 Å². The van der Waals surface area contributed by atoms with Crippen LogP contribution in [-0.4, -0.2) is 6.29 Å². The van der Waals surface area contributed by atoms with Crippen molar-refractivity contribution in [1.29, 1.82) is 0 Å². The SMILES string of the molecule is CC(C)CCc1ccc2c(c1)OC(F)(F)O2. The number of rotatable bonds is 3. The summed E-state index contributed by atoms with van der Waals surface area (Å²) < 4.78 is 34.2. The lowest BCUT2D eigenvalue weighted by Crippen LogP contribution is -2.25. The topological polar surface area (TPSA) is 18.5 Å². The lowest BCUT2D eigenvalue weighted by Gasteiger charge is -2.05. The first-order valence-electron chi connectivity index (χ1n) is 5.35. The zero-order chi connectivity index (χ0) is 11.8. The highest BCUT2D eigenvalue weighted by Gasteiger charge is 2.43. The molecule has 16 heavy (non-hydrogen) atoms. The minimum atomic E-state index is -3.51. The fraction of sp³-hybridized carbons (Fsp3) is 0.500. The Hall–Kier alpha value is -1.32. The van der Waals surface area contributed by atoms with Gasteiger partial charge in [0.1, 0.15) is 0 Å². The Labute approximate surface area is 93.2 Å². The van der Waals surface area contributed by atoms with Gasteiger partial charge in [-0.15, -0.1) is 8.78 Å². The van der Waals surface area contributed by atoms with Crippen molar-refractivity contribution in [2.75, 3.05) is 0 Å². The summed E-state index contributed by atoms with van der Waals surface area (Å²) in [6.45, 7) is 4.25. The van der Waals surface area contributed by atoms with Gasteiger partial charge in [0, 0.05) is 0 Å². The lowest BCUT2D eigenvalue weighted by molar-refractivity contribution is -0.286. The van der Waals surface area contributed by atoms with Crippen molar-refractivity contribution >= 4 is 0 Å². The molecule has 0 amide bonds. The Morgan fingerprint density at radius 3 is 2.56 bits per heavy atom. The number of fused-ring (bicyclic) bond motifs is 1. The predicted molar refractivity (Wildman–Crippen MR) is 55.8 cm³/mol. The van der Waals surface area contributed by atoms with Gasteiger partial charge in [0.15, 0.2) is 11.5 Å². The van der Waals surface area contributed by atoms with E-state index >= 15 is 0 Å². The largest absolute Gasteiger partial charge is 0.586 e. The fourth-order valence-electron chi connectivity index (χ4n) is 1.60. The van der Waals surface area contributed by atoms with Crippen molar-refractivity contribution in [1.82, 2.24) is 0 Å². The van der Waals surface area contributed by atoms with Crippen LogP contribution in [-0.2, 0) is 6.42 Å². The van der Waals surface area contributed by atoms with Crippen LogP contribution in [0, 0.1) is 5.92 Å². The summed E-state index contributed by atoms with van der Waals surface area (Å²) in [7, 11) is 0. The molecular formula is C12H14F2O2. The van der Waals surface area contributed by atoms with E-state index in [1.807, 2.05) is 0 Å². The summed E-state index contributed by atoms with van der Waals surface area (Å²) in [5, 5.41) is 0. The highest BCUT2D eigenvalue weighted by Crippen LogP contribution is 2.41. The molecule has 2 rings (SSSR count). The maximum atomic E-state index is 12.7. The van der Waals surface area contributed by atoms with Crippen molar-refractivity contribution in [2.24, 2.45) is 5.92 Å². The number of ether oxygens (including phenoxy) is 2. The van der Waals surface area contributed by atoms with Gasteiger partial charge in [-0.05, 0) is 36.5 Å². The highest BCUT2D eigenvalue weighted by atomic mass is 19.3. The monoisotopic (exact) mass is 228 g/mol. The third-order valence-corrected chi connectivity index (χ3v) is 2.48. The number of hydrogen-bond donors (Lipinski definition) is 0. The zero-order valence-electron chi connectivity index (χ0n) is 9.30. The fourth-order valence-corrected chi connectivity index (χ4v) is 1.60. The molecule has 2 nitrogen and oxygen atoms in total. The smallest absolute Gasteiger partial charge is 0.395 e. The van der Waals surface area contributed by atoms with Crippen molar-refractivity contribution in [3.8, 4) is 11.5 Å². The van der Waals surface area contributed by atoms with Gasteiger partial charge in [-0.25, -0.2) is 0 Å². The molecule has 1 heterocycles. The van der Waals surface area contributed by atoms with E-state index in [9.17, 15) is 8.78 Å². The summed E-state index contributed by atoms with van der Waals surface area (Å²) >= 11 is 0. The van der Waals surface area contributed by atoms with Crippen LogP contribution in [0.15, 0.2) is 18.2 Å². The minimum absolute atomic E-state index is 0.110. The lowest BCUT2D eigenvalue weighted by atomic mass is 10.0. The van der Waals surface area contributed by atoms with E-state index in [1.165, 1.54) is 6.07 Å². The van der Waals surface area contributed by atoms with E-state index in [-0.39, 0.29) is 11.5 Å². The molecule has 0 saturated carbocycles. The van der Waals surface area contributed by atoms with Gasteiger partial charge in [-0.3, -0.25) is 0 Å². The average molecular weight is 228 g/mol. The van der Waals surface area contributed by atoms with Crippen LogP contribution < -0.4 is 9.47 Å². The first-order chi connectivity index (χ1) is 7.46. The molecule has 0 atom stereocenters. The highest BCUT2D eigenvalue weighted by molar-refractivity contribution is 5.45. The van der Waals surface area contributed by atoms with Crippen molar-refractivity contribution in [2.45, 2.75) is 33.0 Å². The second kappa shape index (κ2) is 3.92. The summed E-state index contributed by atoms with van der Waals surface area (Å²) in [6, 6.07) is 4.95. The third-order valence-electron chi connectivity index (χ3n) is 2.48. The Morgan fingerprint density at radius 1 is 1.19 bits per heavy atom. The molecule has 0 spiro atoms. The third kappa shape index (κ3) is 2.43. The van der Waals surface area contributed by atoms with Gasteiger partial charge in [0.05, 0.1) is 0 Å². The van der Waals surface area contributed by atoms with Crippen molar-refractivity contribution in [3.05, 3.63) is 23.8 Å². The molecule has 1 aliphatic heterocycles. The number of hydrogen-bond acceptors (Lipinski definition) is 2. The van der Waals surface area contributed by atoms with E-state index in [0.717, 1.165) is 18.4 Å². The molecule has 0 aromatic heterocycles. The molecule has 1 aromatic rings. The molecule has 0 bridgehead atoms. The van der Waals surface area contributed by atoms with Gasteiger partial charge < -0.3 is 9.47 Å². The molecule has 88 valence electrons. The first-order valence-corrected chi connectivity index (χ1v) is 5.35. The number of alkyl halides is 2. The number of benzene rings is 1. The molecular weight excluding hydrogens is 214 g/mol. The molecule has 0 fully saturated rings. The maximum absolute atomic E-state index is 12.7. The van der Waals surface area contributed by atoms with Crippen LogP contribution in [0.2, 0.25) is 0 Å². The maximum Gasteiger partial charge on any atom is 0.586 e. The van der Waals surface area contributed by atoms with E-state index in [0.29, 0.717) is 5.92 Å². The molecule has 1 aliphatic rings. The average Bonchev–Trinajstić information content (AvgIpc) is 2.47. The number of aryl methyl sites for hydroxylation is 1. The summed E-state index contributed by atoms with van der Waals surface area (Å²) in [5.74, 6) is 0.830. The van der Waals surface area contributed by atoms with Crippen LogP contribution in [0.1, 0.15) is 25.8 Å².